The van der Waals surface area contributed by atoms with Crippen molar-refractivity contribution >= 4 is 29.1 Å². The Morgan fingerprint density at radius 3 is 2.48 bits per heavy atom. The molecule has 0 spiro atoms. The number of nitrogens with zero attached hydrogens (tertiary/aromatic N) is 1. The van der Waals surface area contributed by atoms with E-state index in [2.05, 4.69) is 5.32 Å². The van der Waals surface area contributed by atoms with E-state index in [1.54, 1.807) is 24.3 Å². The first-order valence-corrected chi connectivity index (χ1v) is 10.0. The SMILES string of the molecule is CCc1ccccc1NC(=O)c1ccc(N2C(=O)[C@H]3[C@@H](C)C=CC[C@H]3C2=O)cc1. The second-order valence-corrected chi connectivity index (χ2v) is 7.68. The zero-order chi connectivity index (χ0) is 20.5. The number of carbonyl (C=O) groups excluding carboxylic acids is 3. The molecule has 3 amide bonds. The van der Waals surface area contributed by atoms with Crippen LogP contribution in [0.5, 0.6) is 0 Å². The third-order valence-electron chi connectivity index (χ3n) is 5.91. The number of carbonyl (C=O) groups is 3. The maximum atomic E-state index is 12.9. The molecule has 2 aromatic carbocycles. The first kappa shape index (κ1) is 19.1. The molecule has 5 nitrogen and oxygen atoms in total. The van der Waals surface area contributed by atoms with Crippen molar-refractivity contribution < 1.29 is 14.4 Å². The fourth-order valence-corrected chi connectivity index (χ4v) is 4.31. The molecule has 0 aromatic heterocycles. The number of hydrogen-bond donors (Lipinski definition) is 1. The van der Waals surface area contributed by atoms with Crippen LogP contribution in [0.3, 0.4) is 0 Å². The van der Waals surface area contributed by atoms with Gasteiger partial charge in [-0.25, -0.2) is 0 Å². The summed E-state index contributed by atoms with van der Waals surface area (Å²) < 4.78 is 0. The molecular formula is C24H24N2O3. The van der Waals surface area contributed by atoms with Gasteiger partial charge in [-0.1, -0.05) is 44.2 Å². The zero-order valence-electron chi connectivity index (χ0n) is 16.6. The summed E-state index contributed by atoms with van der Waals surface area (Å²) in [7, 11) is 0. The van der Waals surface area contributed by atoms with Gasteiger partial charge in [0, 0.05) is 11.3 Å². The number of rotatable bonds is 4. The number of benzene rings is 2. The molecule has 1 fully saturated rings. The van der Waals surface area contributed by atoms with E-state index in [4.69, 9.17) is 0 Å². The smallest absolute Gasteiger partial charge is 0.255 e. The number of fused-ring (bicyclic) bond motifs is 1. The van der Waals surface area contributed by atoms with Gasteiger partial charge in [-0.2, -0.15) is 0 Å². The number of allylic oxidation sites excluding steroid dienone is 2. The van der Waals surface area contributed by atoms with Crippen LogP contribution in [0.2, 0.25) is 0 Å². The highest BCUT2D eigenvalue weighted by atomic mass is 16.2. The lowest BCUT2D eigenvalue weighted by atomic mass is 9.78. The lowest BCUT2D eigenvalue weighted by Gasteiger charge is -2.22. The second-order valence-electron chi connectivity index (χ2n) is 7.68. The Kier molecular flexibility index (Phi) is 5.05. The number of nitrogens with one attached hydrogen (secondary N) is 1. The van der Waals surface area contributed by atoms with Crippen LogP contribution in [0, 0.1) is 17.8 Å². The predicted molar refractivity (Wildman–Crippen MR) is 113 cm³/mol. The number of para-hydroxylation sites is 1. The minimum Gasteiger partial charge on any atom is -0.322 e. The van der Waals surface area contributed by atoms with Crippen LogP contribution in [0.4, 0.5) is 11.4 Å². The molecule has 1 saturated heterocycles. The average Bonchev–Trinajstić information content (AvgIpc) is 3.00. The molecule has 0 bridgehead atoms. The summed E-state index contributed by atoms with van der Waals surface area (Å²) in [4.78, 5) is 39.6. The van der Waals surface area contributed by atoms with E-state index >= 15 is 0 Å². The van der Waals surface area contributed by atoms with Gasteiger partial charge in [-0.3, -0.25) is 19.3 Å². The van der Waals surface area contributed by atoms with Crippen LogP contribution >= 0.6 is 0 Å². The fourth-order valence-electron chi connectivity index (χ4n) is 4.31. The minimum atomic E-state index is -0.291. The monoisotopic (exact) mass is 388 g/mol. The lowest BCUT2D eigenvalue weighted by molar-refractivity contribution is -0.122. The third kappa shape index (κ3) is 3.37. The van der Waals surface area contributed by atoms with E-state index in [9.17, 15) is 14.4 Å². The number of imide groups is 1. The Morgan fingerprint density at radius 2 is 1.79 bits per heavy atom. The van der Waals surface area contributed by atoms with E-state index in [-0.39, 0.29) is 35.5 Å². The molecular weight excluding hydrogens is 364 g/mol. The van der Waals surface area contributed by atoms with Crippen molar-refractivity contribution in [2.24, 2.45) is 17.8 Å². The first-order valence-electron chi connectivity index (χ1n) is 10.0. The molecule has 4 rings (SSSR count). The normalized spacial score (nSPS) is 23.2. The summed E-state index contributed by atoms with van der Waals surface area (Å²) in [6, 6.07) is 14.4. The molecule has 0 saturated carbocycles. The molecule has 1 aliphatic carbocycles. The molecule has 1 aliphatic heterocycles. The summed E-state index contributed by atoms with van der Waals surface area (Å²) in [6.07, 6.45) is 5.43. The van der Waals surface area contributed by atoms with Gasteiger partial charge in [0.25, 0.3) is 5.91 Å². The summed E-state index contributed by atoms with van der Waals surface area (Å²) in [6.45, 7) is 4.02. The van der Waals surface area contributed by atoms with Crippen LogP contribution in [-0.4, -0.2) is 17.7 Å². The lowest BCUT2D eigenvalue weighted by Crippen LogP contribution is -2.31. The summed E-state index contributed by atoms with van der Waals surface area (Å²) in [5.41, 5.74) is 2.86. The number of aryl methyl sites for hydroxylation is 1. The zero-order valence-corrected chi connectivity index (χ0v) is 16.6. The second kappa shape index (κ2) is 7.66. The summed E-state index contributed by atoms with van der Waals surface area (Å²) in [5.74, 6) is -1.03. The van der Waals surface area contributed by atoms with Crippen LogP contribution in [0.25, 0.3) is 0 Å². The maximum absolute atomic E-state index is 12.9. The van der Waals surface area contributed by atoms with Crippen LogP contribution in [0.15, 0.2) is 60.7 Å². The Morgan fingerprint density at radius 1 is 1.07 bits per heavy atom. The van der Waals surface area contributed by atoms with E-state index < -0.39 is 0 Å². The van der Waals surface area contributed by atoms with Crippen LogP contribution in [-0.2, 0) is 16.0 Å². The number of anilines is 2. The van der Waals surface area contributed by atoms with Crippen molar-refractivity contribution in [3.8, 4) is 0 Å². The highest BCUT2D eigenvalue weighted by Gasteiger charge is 2.50. The predicted octanol–water partition coefficient (Wildman–Crippen LogP) is 4.20. The number of hydrogen-bond acceptors (Lipinski definition) is 3. The minimum absolute atomic E-state index is 0.0545. The van der Waals surface area contributed by atoms with Crippen molar-refractivity contribution in [2.75, 3.05) is 10.2 Å². The highest BCUT2D eigenvalue weighted by molar-refractivity contribution is 6.22. The van der Waals surface area contributed by atoms with Crippen LogP contribution in [0.1, 0.15) is 36.2 Å². The van der Waals surface area contributed by atoms with Crippen molar-refractivity contribution in [3.63, 3.8) is 0 Å². The van der Waals surface area contributed by atoms with E-state index in [0.29, 0.717) is 17.7 Å². The third-order valence-corrected chi connectivity index (χ3v) is 5.91. The van der Waals surface area contributed by atoms with Gasteiger partial charge in [0.2, 0.25) is 11.8 Å². The molecule has 0 radical (unpaired) electrons. The van der Waals surface area contributed by atoms with Crippen molar-refractivity contribution in [3.05, 3.63) is 71.8 Å². The Labute approximate surface area is 170 Å². The van der Waals surface area contributed by atoms with Crippen molar-refractivity contribution in [1.29, 1.82) is 0 Å². The van der Waals surface area contributed by atoms with Gasteiger partial charge in [0.05, 0.1) is 17.5 Å². The summed E-state index contributed by atoms with van der Waals surface area (Å²) in [5, 5.41) is 2.94. The van der Waals surface area contributed by atoms with Gasteiger partial charge >= 0.3 is 0 Å². The molecule has 5 heteroatoms. The van der Waals surface area contributed by atoms with Gasteiger partial charge in [-0.15, -0.1) is 0 Å². The topological polar surface area (TPSA) is 66.5 Å². The molecule has 29 heavy (non-hydrogen) atoms. The Bertz CT molecular complexity index is 993. The number of amides is 3. The summed E-state index contributed by atoms with van der Waals surface area (Å²) >= 11 is 0. The van der Waals surface area contributed by atoms with Crippen molar-refractivity contribution in [1.82, 2.24) is 0 Å². The highest BCUT2D eigenvalue weighted by Crippen LogP contribution is 2.40. The van der Waals surface area contributed by atoms with Gasteiger partial charge < -0.3 is 5.32 Å². The van der Waals surface area contributed by atoms with Crippen LogP contribution < -0.4 is 10.2 Å². The maximum Gasteiger partial charge on any atom is 0.255 e. The first-order chi connectivity index (χ1) is 14.0. The van der Waals surface area contributed by atoms with E-state index in [1.165, 1.54) is 4.90 Å². The molecule has 148 valence electrons. The van der Waals surface area contributed by atoms with Gasteiger partial charge in [0.15, 0.2) is 0 Å². The average molecular weight is 388 g/mol. The molecule has 0 unspecified atom stereocenters. The molecule has 2 aliphatic rings. The van der Waals surface area contributed by atoms with E-state index in [1.807, 2.05) is 50.3 Å². The fraction of sp³-hybridized carbons (Fsp3) is 0.292. The standard InChI is InChI=1S/C24H24N2O3/c1-3-16-8-4-5-10-20(16)25-22(27)17-11-13-18(14-12-17)26-23(28)19-9-6-7-15(2)21(19)24(26)29/h4-8,10-15,19,21H,3,9H2,1-2H3,(H,25,27)/t15-,19+,21-/m0/s1. The molecule has 2 aromatic rings. The van der Waals surface area contributed by atoms with Crippen molar-refractivity contribution in [2.45, 2.75) is 26.7 Å². The Hall–Kier alpha value is -3.21. The molecule has 1 heterocycles. The quantitative estimate of drug-likeness (QED) is 0.630. The largest absolute Gasteiger partial charge is 0.322 e. The Balaban J connectivity index is 1.53. The van der Waals surface area contributed by atoms with E-state index in [0.717, 1.165) is 17.7 Å². The molecule has 3 atom stereocenters. The molecule has 1 N–H and O–H groups in total. The van der Waals surface area contributed by atoms with Gasteiger partial charge in [-0.05, 0) is 54.7 Å². The van der Waals surface area contributed by atoms with Gasteiger partial charge in [0.1, 0.15) is 0 Å².